The molecule has 1 aliphatic heterocycles. The Morgan fingerprint density at radius 3 is 2.55 bits per heavy atom. The van der Waals surface area contributed by atoms with Gasteiger partial charge in [-0.25, -0.2) is 0 Å². The monoisotopic (exact) mass is 454 g/mol. The van der Waals surface area contributed by atoms with Crippen LogP contribution in [0.15, 0.2) is 47.1 Å². The van der Waals surface area contributed by atoms with Gasteiger partial charge in [0, 0.05) is 26.2 Å². The summed E-state index contributed by atoms with van der Waals surface area (Å²) in [6.45, 7) is 2.02. The third kappa shape index (κ3) is 6.28. The second-order valence-electron chi connectivity index (χ2n) is 6.94. The molecule has 11 heteroatoms. The molecule has 7 nitrogen and oxygen atoms in total. The fourth-order valence-corrected chi connectivity index (χ4v) is 3.49. The Hall–Kier alpha value is -2.92. The molecule has 0 saturated carbocycles. The van der Waals surface area contributed by atoms with Gasteiger partial charge in [-0.2, -0.15) is 13.2 Å². The van der Waals surface area contributed by atoms with Gasteiger partial charge in [-0.05, 0) is 42.9 Å². The number of anilines is 1. The minimum Gasteiger partial charge on any atom is -0.459 e. The number of alkyl halides is 3. The van der Waals surface area contributed by atoms with Crippen molar-refractivity contribution in [1.29, 1.82) is 0 Å². The number of hydrogen-bond donors (Lipinski definition) is 2. The van der Waals surface area contributed by atoms with E-state index >= 15 is 0 Å². The van der Waals surface area contributed by atoms with Crippen molar-refractivity contribution in [2.24, 2.45) is 0 Å². The van der Waals surface area contributed by atoms with Crippen LogP contribution in [-0.2, 0) is 11.0 Å². The number of benzene rings is 1. The molecule has 2 heterocycles. The van der Waals surface area contributed by atoms with E-state index in [-0.39, 0.29) is 23.1 Å². The topological polar surface area (TPSA) is 77.8 Å². The van der Waals surface area contributed by atoms with Gasteiger partial charge in [-0.3, -0.25) is 19.8 Å². The Morgan fingerprint density at radius 1 is 1.06 bits per heavy atom. The van der Waals surface area contributed by atoms with E-state index in [1.807, 2.05) is 9.80 Å². The number of furan rings is 1. The van der Waals surface area contributed by atoms with E-state index in [2.05, 4.69) is 10.6 Å². The number of hydrogen-bond acceptors (Lipinski definition) is 5. The molecule has 0 radical (unpaired) electrons. The molecule has 166 valence electrons. The minimum absolute atomic E-state index is 0.0501. The van der Waals surface area contributed by atoms with E-state index in [1.165, 1.54) is 30.5 Å². The first-order chi connectivity index (χ1) is 14.7. The van der Waals surface area contributed by atoms with Gasteiger partial charge in [0.2, 0.25) is 5.91 Å². The Kier molecular flexibility index (Phi) is 7.29. The first kappa shape index (κ1) is 22.8. The van der Waals surface area contributed by atoms with Crippen molar-refractivity contribution >= 4 is 34.8 Å². The van der Waals surface area contributed by atoms with Crippen molar-refractivity contribution in [3.05, 3.63) is 54.0 Å². The first-order valence-electron chi connectivity index (χ1n) is 9.56. The molecule has 1 aromatic carbocycles. The quantitative estimate of drug-likeness (QED) is 0.692. The molecule has 1 aromatic heterocycles. The zero-order valence-corrected chi connectivity index (χ0v) is 17.3. The molecule has 1 saturated heterocycles. The normalized spacial score (nSPS) is 15.3. The maximum atomic E-state index is 13.1. The van der Waals surface area contributed by atoms with Crippen LogP contribution in [0.2, 0.25) is 0 Å². The second-order valence-corrected chi connectivity index (χ2v) is 7.33. The number of halogens is 3. The summed E-state index contributed by atoms with van der Waals surface area (Å²) in [5, 5.41) is 5.22. The maximum Gasteiger partial charge on any atom is 0.418 e. The standard InChI is InChI=1S/C20H21F3N4O3S/c21-20(22,23)14-5-1-2-6-15(14)24-17(28)13-26-8-4-9-27(11-10-26)19(31)25-18(29)16-7-3-12-30-16/h1-3,5-7,12H,4,8-11,13H2,(H,24,28)(H,25,29,31). The highest BCUT2D eigenvalue weighted by Crippen LogP contribution is 2.34. The van der Waals surface area contributed by atoms with Gasteiger partial charge in [0.1, 0.15) is 0 Å². The highest BCUT2D eigenvalue weighted by Gasteiger charge is 2.33. The van der Waals surface area contributed by atoms with E-state index in [0.717, 1.165) is 6.07 Å². The van der Waals surface area contributed by atoms with Crippen LogP contribution >= 0.6 is 12.2 Å². The summed E-state index contributed by atoms with van der Waals surface area (Å²) in [5.41, 5.74) is -1.15. The molecular weight excluding hydrogens is 433 g/mol. The lowest BCUT2D eigenvalue weighted by molar-refractivity contribution is -0.137. The Balaban J connectivity index is 1.51. The predicted molar refractivity (Wildman–Crippen MR) is 111 cm³/mol. The Morgan fingerprint density at radius 2 is 1.84 bits per heavy atom. The zero-order valence-electron chi connectivity index (χ0n) is 16.4. The summed E-state index contributed by atoms with van der Waals surface area (Å²) in [6.07, 6.45) is -2.49. The highest BCUT2D eigenvalue weighted by molar-refractivity contribution is 7.80. The number of thiocarbonyl (C=S) groups is 1. The van der Waals surface area contributed by atoms with Crippen LogP contribution in [0.1, 0.15) is 22.5 Å². The third-order valence-electron chi connectivity index (χ3n) is 4.71. The molecule has 3 rings (SSSR count). The fourth-order valence-electron chi connectivity index (χ4n) is 3.21. The van der Waals surface area contributed by atoms with E-state index in [4.69, 9.17) is 16.6 Å². The van der Waals surface area contributed by atoms with E-state index in [0.29, 0.717) is 32.6 Å². The van der Waals surface area contributed by atoms with Crippen LogP contribution in [0.25, 0.3) is 0 Å². The van der Waals surface area contributed by atoms with Gasteiger partial charge in [0.05, 0.1) is 24.1 Å². The lowest BCUT2D eigenvalue weighted by Gasteiger charge is -2.24. The molecule has 31 heavy (non-hydrogen) atoms. The summed E-state index contributed by atoms with van der Waals surface area (Å²) in [7, 11) is 0. The average Bonchev–Trinajstić information content (AvgIpc) is 3.15. The van der Waals surface area contributed by atoms with Crippen molar-refractivity contribution in [2.45, 2.75) is 12.6 Å². The second kappa shape index (κ2) is 9.92. The molecule has 1 fully saturated rings. The number of rotatable bonds is 4. The fraction of sp³-hybridized carbons (Fsp3) is 0.350. The van der Waals surface area contributed by atoms with E-state index in [1.54, 1.807) is 6.07 Å². The molecule has 2 N–H and O–H groups in total. The summed E-state index contributed by atoms with van der Waals surface area (Å²) in [6, 6.07) is 7.99. The molecule has 0 unspecified atom stereocenters. The lowest BCUT2D eigenvalue weighted by atomic mass is 10.1. The van der Waals surface area contributed by atoms with Gasteiger partial charge in [0.15, 0.2) is 10.9 Å². The Labute approximate surface area is 182 Å². The number of amides is 2. The van der Waals surface area contributed by atoms with Crippen LogP contribution in [0.4, 0.5) is 18.9 Å². The van der Waals surface area contributed by atoms with Crippen LogP contribution in [0.5, 0.6) is 0 Å². The largest absolute Gasteiger partial charge is 0.459 e. The van der Waals surface area contributed by atoms with Gasteiger partial charge in [0.25, 0.3) is 5.91 Å². The minimum atomic E-state index is -4.55. The summed E-state index contributed by atoms with van der Waals surface area (Å²) < 4.78 is 44.3. The van der Waals surface area contributed by atoms with Crippen LogP contribution in [0.3, 0.4) is 0 Å². The summed E-state index contributed by atoms with van der Waals surface area (Å²) in [4.78, 5) is 28.0. The smallest absolute Gasteiger partial charge is 0.418 e. The third-order valence-corrected chi connectivity index (χ3v) is 5.08. The number of carbonyl (C=O) groups excluding carboxylic acids is 2. The lowest BCUT2D eigenvalue weighted by Crippen LogP contribution is -2.44. The molecule has 2 aromatic rings. The zero-order chi connectivity index (χ0) is 22.4. The molecule has 0 aliphatic carbocycles. The van der Waals surface area contributed by atoms with Crippen molar-refractivity contribution in [1.82, 2.24) is 15.1 Å². The van der Waals surface area contributed by atoms with E-state index < -0.39 is 23.6 Å². The van der Waals surface area contributed by atoms with Crippen molar-refractivity contribution in [3.63, 3.8) is 0 Å². The van der Waals surface area contributed by atoms with Crippen molar-refractivity contribution < 1.29 is 27.2 Å². The number of carbonyl (C=O) groups is 2. The first-order valence-corrected chi connectivity index (χ1v) is 9.97. The summed E-state index contributed by atoms with van der Waals surface area (Å²) >= 11 is 5.29. The maximum absolute atomic E-state index is 13.1. The van der Waals surface area contributed by atoms with Crippen LogP contribution in [0, 0.1) is 0 Å². The molecule has 0 bridgehead atoms. The van der Waals surface area contributed by atoms with Crippen molar-refractivity contribution in [3.8, 4) is 0 Å². The van der Waals surface area contributed by atoms with Gasteiger partial charge in [-0.15, -0.1) is 0 Å². The van der Waals surface area contributed by atoms with Gasteiger partial charge >= 0.3 is 6.18 Å². The van der Waals surface area contributed by atoms with Crippen LogP contribution in [-0.4, -0.2) is 59.5 Å². The van der Waals surface area contributed by atoms with E-state index in [9.17, 15) is 22.8 Å². The number of nitrogens with one attached hydrogen (secondary N) is 2. The average molecular weight is 454 g/mol. The van der Waals surface area contributed by atoms with Crippen molar-refractivity contribution in [2.75, 3.05) is 38.0 Å². The molecular formula is C20H21F3N4O3S. The van der Waals surface area contributed by atoms with Crippen LogP contribution < -0.4 is 10.6 Å². The highest BCUT2D eigenvalue weighted by atomic mass is 32.1. The molecule has 0 atom stereocenters. The number of para-hydroxylation sites is 1. The SMILES string of the molecule is O=C(CN1CCCN(C(=S)NC(=O)c2ccco2)CC1)Nc1ccccc1C(F)(F)F. The molecule has 2 amide bonds. The predicted octanol–water partition coefficient (Wildman–Crippen LogP) is 2.96. The van der Waals surface area contributed by atoms with Gasteiger partial charge < -0.3 is 14.6 Å². The molecule has 0 spiro atoms. The summed E-state index contributed by atoms with van der Waals surface area (Å²) in [5.74, 6) is -0.827. The van der Waals surface area contributed by atoms with Gasteiger partial charge in [-0.1, -0.05) is 12.1 Å². The molecule has 1 aliphatic rings. The Bertz CT molecular complexity index is 934. The number of nitrogens with zero attached hydrogens (tertiary/aromatic N) is 2.